The Labute approximate surface area is 184 Å². The number of hydrogen-bond acceptors (Lipinski definition) is 6. The Morgan fingerprint density at radius 3 is 2.67 bits per heavy atom. The monoisotopic (exact) mass is 434 g/mol. The van der Waals surface area contributed by atoms with Crippen molar-refractivity contribution in [2.45, 2.75) is 36.2 Å². The lowest BCUT2D eigenvalue weighted by atomic mass is 10.2. The van der Waals surface area contributed by atoms with E-state index in [-0.39, 0.29) is 0 Å². The van der Waals surface area contributed by atoms with Gasteiger partial charge in [-0.15, -0.1) is 21.5 Å². The number of thiazole rings is 1. The van der Waals surface area contributed by atoms with Gasteiger partial charge < -0.3 is 9.30 Å². The maximum Gasteiger partial charge on any atom is 0.191 e. The van der Waals surface area contributed by atoms with Gasteiger partial charge in [0.2, 0.25) is 0 Å². The molecule has 4 aromatic rings. The maximum atomic E-state index is 5.48. The Balaban J connectivity index is 1.34. The first-order valence-corrected chi connectivity index (χ1v) is 11.9. The average molecular weight is 435 g/mol. The van der Waals surface area contributed by atoms with Gasteiger partial charge in [0.15, 0.2) is 5.16 Å². The van der Waals surface area contributed by atoms with Crippen LogP contribution in [0.15, 0.2) is 65.1 Å². The molecule has 1 saturated carbocycles. The van der Waals surface area contributed by atoms with E-state index >= 15 is 0 Å². The van der Waals surface area contributed by atoms with E-state index < -0.39 is 0 Å². The molecule has 30 heavy (non-hydrogen) atoms. The van der Waals surface area contributed by atoms with Crippen LogP contribution in [-0.2, 0) is 12.3 Å². The van der Waals surface area contributed by atoms with Crippen molar-refractivity contribution < 1.29 is 4.74 Å². The van der Waals surface area contributed by atoms with E-state index in [1.807, 2.05) is 24.3 Å². The molecule has 0 N–H and O–H groups in total. The van der Waals surface area contributed by atoms with E-state index in [1.54, 1.807) is 30.2 Å². The van der Waals surface area contributed by atoms with Crippen molar-refractivity contribution in [1.29, 1.82) is 0 Å². The van der Waals surface area contributed by atoms with Crippen LogP contribution in [0.3, 0.4) is 0 Å². The molecule has 1 aliphatic rings. The third kappa shape index (κ3) is 4.13. The first kappa shape index (κ1) is 19.3. The SMILES string of the molecule is COc1ccccc1-c1nc(CSc2nnc(C3CC3)n2Cc2ccccc2)cs1. The summed E-state index contributed by atoms with van der Waals surface area (Å²) in [7, 11) is 1.69. The zero-order valence-electron chi connectivity index (χ0n) is 16.7. The molecule has 0 bridgehead atoms. The van der Waals surface area contributed by atoms with Crippen molar-refractivity contribution >= 4 is 23.1 Å². The molecule has 1 aliphatic carbocycles. The summed E-state index contributed by atoms with van der Waals surface area (Å²) in [5.74, 6) is 3.30. The third-order valence-electron chi connectivity index (χ3n) is 5.11. The van der Waals surface area contributed by atoms with E-state index in [9.17, 15) is 0 Å². The molecule has 2 heterocycles. The van der Waals surface area contributed by atoms with E-state index in [4.69, 9.17) is 9.72 Å². The first-order chi connectivity index (χ1) is 14.8. The number of methoxy groups -OCH3 is 1. The van der Waals surface area contributed by atoms with Crippen LogP contribution in [0.4, 0.5) is 0 Å². The topological polar surface area (TPSA) is 52.8 Å². The molecule has 0 amide bonds. The molecule has 152 valence electrons. The van der Waals surface area contributed by atoms with Gasteiger partial charge >= 0.3 is 0 Å². The van der Waals surface area contributed by atoms with Crippen LogP contribution in [0.5, 0.6) is 5.75 Å². The second kappa shape index (κ2) is 8.62. The Bertz CT molecular complexity index is 1140. The lowest BCUT2D eigenvalue weighted by molar-refractivity contribution is 0.416. The maximum absolute atomic E-state index is 5.48. The second-order valence-electron chi connectivity index (χ2n) is 7.32. The molecule has 0 aliphatic heterocycles. The van der Waals surface area contributed by atoms with Gasteiger partial charge in [0.1, 0.15) is 16.6 Å². The third-order valence-corrected chi connectivity index (χ3v) is 7.03. The normalized spacial score (nSPS) is 13.5. The van der Waals surface area contributed by atoms with Crippen LogP contribution in [0.25, 0.3) is 10.6 Å². The standard InChI is InChI=1S/C23H22N4OS2/c1-28-20-10-6-5-9-19(20)22-24-18(14-29-22)15-30-23-26-25-21(17-11-12-17)27(23)13-16-7-3-2-4-8-16/h2-10,14,17H,11-13,15H2,1H3. The molecule has 0 radical (unpaired) electrons. The summed E-state index contributed by atoms with van der Waals surface area (Å²) in [6, 6.07) is 18.5. The molecule has 2 aromatic carbocycles. The molecule has 0 spiro atoms. The molecular weight excluding hydrogens is 412 g/mol. The minimum atomic E-state index is 0.562. The number of benzene rings is 2. The molecular formula is C23H22N4OS2. The summed E-state index contributed by atoms with van der Waals surface area (Å²) in [6.45, 7) is 0.811. The van der Waals surface area contributed by atoms with E-state index in [0.29, 0.717) is 5.92 Å². The molecule has 0 unspecified atom stereocenters. The Morgan fingerprint density at radius 1 is 1.07 bits per heavy atom. The molecule has 1 fully saturated rings. The van der Waals surface area contributed by atoms with Gasteiger partial charge in [-0.3, -0.25) is 0 Å². The van der Waals surface area contributed by atoms with Crippen molar-refractivity contribution in [1.82, 2.24) is 19.7 Å². The zero-order valence-corrected chi connectivity index (χ0v) is 18.3. The van der Waals surface area contributed by atoms with Crippen LogP contribution < -0.4 is 4.74 Å². The van der Waals surface area contributed by atoms with E-state index in [0.717, 1.165) is 45.3 Å². The first-order valence-electron chi connectivity index (χ1n) is 9.99. The lowest BCUT2D eigenvalue weighted by Gasteiger charge is -2.09. The Kier molecular flexibility index (Phi) is 5.55. The summed E-state index contributed by atoms with van der Waals surface area (Å²) < 4.78 is 7.76. The molecule has 2 aromatic heterocycles. The minimum Gasteiger partial charge on any atom is -0.496 e. The number of nitrogens with zero attached hydrogens (tertiary/aromatic N) is 4. The zero-order chi connectivity index (χ0) is 20.3. The Hall–Kier alpha value is -2.64. The smallest absolute Gasteiger partial charge is 0.191 e. The van der Waals surface area contributed by atoms with Crippen LogP contribution in [0.1, 0.15) is 35.8 Å². The van der Waals surface area contributed by atoms with Gasteiger partial charge in [0.05, 0.1) is 24.9 Å². The van der Waals surface area contributed by atoms with Crippen LogP contribution in [0, 0.1) is 0 Å². The van der Waals surface area contributed by atoms with Crippen LogP contribution in [-0.4, -0.2) is 26.9 Å². The highest BCUT2D eigenvalue weighted by Gasteiger charge is 2.30. The summed E-state index contributed by atoms with van der Waals surface area (Å²) in [4.78, 5) is 4.83. The number of para-hydroxylation sites is 1. The highest BCUT2D eigenvalue weighted by molar-refractivity contribution is 7.98. The van der Waals surface area contributed by atoms with E-state index in [1.165, 1.54) is 18.4 Å². The number of hydrogen-bond donors (Lipinski definition) is 0. The summed E-state index contributed by atoms with van der Waals surface area (Å²) in [6.07, 6.45) is 2.43. The lowest BCUT2D eigenvalue weighted by Crippen LogP contribution is -2.06. The quantitative estimate of drug-likeness (QED) is 0.337. The fourth-order valence-corrected chi connectivity index (χ4v) is 5.21. The second-order valence-corrected chi connectivity index (χ2v) is 9.12. The van der Waals surface area contributed by atoms with Crippen molar-refractivity contribution in [2.75, 3.05) is 7.11 Å². The van der Waals surface area contributed by atoms with Gasteiger partial charge in [-0.05, 0) is 30.5 Å². The molecule has 5 rings (SSSR count). The summed E-state index contributed by atoms with van der Waals surface area (Å²) >= 11 is 3.35. The molecule has 0 saturated heterocycles. The van der Waals surface area contributed by atoms with Gasteiger partial charge in [-0.25, -0.2) is 4.98 Å². The highest BCUT2D eigenvalue weighted by Crippen LogP contribution is 2.40. The molecule has 0 atom stereocenters. The van der Waals surface area contributed by atoms with Crippen molar-refractivity contribution in [3.8, 4) is 16.3 Å². The van der Waals surface area contributed by atoms with Crippen LogP contribution in [0.2, 0.25) is 0 Å². The van der Waals surface area contributed by atoms with Crippen molar-refractivity contribution in [2.24, 2.45) is 0 Å². The Morgan fingerprint density at radius 2 is 1.87 bits per heavy atom. The fraction of sp³-hybridized carbons (Fsp3) is 0.261. The van der Waals surface area contributed by atoms with Gasteiger partial charge in [-0.2, -0.15) is 0 Å². The number of thioether (sulfide) groups is 1. The van der Waals surface area contributed by atoms with Gasteiger partial charge in [0.25, 0.3) is 0 Å². The number of ether oxygens (including phenoxy) is 1. The van der Waals surface area contributed by atoms with E-state index in [2.05, 4.69) is 50.5 Å². The predicted molar refractivity (Wildman–Crippen MR) is 121 cm³/mol. The average Bonchev–Trinajstić information content (AvgIpc) is 3.39. The fourth-order valence-electron chi connectivity index (χ4n) is 3.42. The predicted octanol–water partition coefficient (Wildman–Crippen LogP) is 5.63. The molecule has 5 nitrogen and oxygen atoms in total. The summed E-state index contributed by atoms with van der Waals surface area (Å²) in [5.41, 5.74) is 3.35. The van der Waals surface area contributed by atoms with Crippen molar-refractivity contribution in [3.05, 3.63) is 77.1 Å². The number of aromatic nitrogens is 4. The molecule has 7 heteroatoms. The van der Waals surface area contributed by atoms with Crippen LogP contribution >= 0.6 is 23.1 Å². The summed E-state index contributed by atoms with van der Waals surface area (Å²) in [5, 5.41) is 13.1. The highest BCUT2D eigenvalue weighted by atomic mass is 32.2. The minimum absolute atomic E-state index is 0.562. The number of rotatable bonds is 8. The largest absolute Gasteiger partial charge is 0.496 e. The van der Waals surface area contributed by atoms with Gasteiger partial charge in [-0.1, -0.05) is 54.2 Å². The van der Waals surface area contributed by atoms with Crippen molar-refractivity contribution in [3.63, 3.8) is 0 Å². The van der Waals surface area contributed by atoms with Gasteiger partial charge in [0, 0.05) is 17.1 Å².